The van der Waals surface area contributed by atoms with Crippen molar-refractivity contribution in [2.45, 2.75) is 6.04 Å². The maximum atomic E-state index is 12.6. The van der Waals surface area contributed by atoms with E-state index in [2.05, 4.69) is 15.6 Å². The van der Waals surface area contributed by atoms with Crippen LogP contribution in [0.2, 0.25) is 0 Å². The monoisotopic (exact) mass is 444 g/mol. The van der Waals surface area contributed by atoms with E-state index < -0.39 is 4.92 Å². The topological polar surface area (TPSA) is 97.2 Å². The quantitative estimate of drug-likeness (QED) is 0.293. The second kappa shape index (κ2) is 9.95. The molecule has 160 valence electrons. The highest BCUT2D eigenvalue weighted by molar-refractivity contribution is 7.14. The number of non-ortho nitro benzene ring substituents is 1. The first-order valence-electron chi connectivity index (χ1n) is 9.93. The lowest BCUT2D eigenvalue weighted by atomic mass is 9.99. The van der Waals surface area contributed by atoms with Gasteiger partial charge in [0.15, 0.2) is 5.13 Å². The zero-order chi connectivity index (χ0) is 22.3. The van der Waals surface area contributed by atoms with Crippen molar-refractivity contribution in [3.8, 4) is 11.3 Å². The Labute approximate surface area is 188 Å². The minimum Gasteiger partial charge on any atom is -0.301 e. The van der Waals surface area contributed by atoms with Crippen LogP contribution in [0.15, 0.2) is 90.3 Å². The first kappa shape index (κ1) is 21.4. The minimum atomic E-state index is -0.444. The van der Waals surface area contributed by atoms with Gasteiger partial charge in [-0.1, -0.05) is 72.8 Å². The number of aromatic nitrogens is 1. The van der Waals surface area contributed by atoms with Crippen LogP contribution in [0.4, 0.5) is 10.8 Å². The minimum absolute atomic E-state index is 0.00171. The number of carbonyl (C=O) groups excluding carboxylic acids is 1. The van der Waals surface area contributed by atoms with E-state index in [1.54, 1.807) is 17.5 Å². The normalized spacial score (nSPS) is 10.8. The van der Waals surface area contributed by atoms with Crippen molar-refractivity contribution < 1.29 is 9.72 Å². The number of thiazole rings is 1. The van der Waals surface area contributed by atoms with Crippen LogP contribution < -0.4 is 10.6 Å². The third-order valence-corrected chi connectivity index (χ3v) is 5.59. The average molecular weight is 445 g/mol. The molecule has 0 bridgehead atoms. The highest BCUT2D eigenvalue weighted by Crippen LogP contribution is 2.27. The number of nitrogens with one attached hydrogen (secondary N) is 2. The highest BCUT2D eigenvalue weighted by Gasteiger charge is 2.16. The van der Waals surface area contributed by atoms with E-state index in [1.807, 2.05) is 60.7 Å². The summed E-state index contributed by atoms with van der Waals surface area (Å²) in [6.45, 7) is 0.0974. The van der Waals surface area contributed by atoms with Crippen molar-refractivity contribution in [2.75, 3.05) is 11.9 Å². The maximum absolute atomic E-state index is 12.6. The van der Waals surface area contributed by atoms with Crippen LogP contribution >= 0.6 is 11.3 Å². The lowest BCUT2D eigenvalue weighted by Gasteiger charge is -2.19. The summed E-state index contributed by atoms with van der Waals surface area (Å²) in [6.07, 6.45) is 0. The number of nitro groups is 1. The molecule has 4 rings (SSSR count). The van der Waals surface area contributed by atoms with Gasteiger partial charge >= 0.3 is 0 Å². The Morgan fingerprint density at radius 1 is 0.969 bits per heavy atom. The number of amides is 1. The molecule has 0 saturated carbocycles. The molecule has 1 heterocycles. The Hall–Kier alpha value is -3.88. The van der Waals surface area contributed by atoms with Crippen molar-refractivity contribution in [3.63, 3.8) is 0 Å². The van der Waals surface area contributed by atoms with Crippen molar-refractivity contribution in [2.24, 2.45) is 0 Å². The molecule has 32 heavy (non-hydrogen) atoms. The molecule has 0 radical (unpaired) electrons. The molecule has 0 aliphatic carbocycles. The van der Waals surface area contributed by atoms with E-state index in [9.17, 15) is 14.9 Å². The molecule has 7 nitrogen and oxygen atoms in total. The van der Waals surface area contributed by atoms with Crippen LogP contribution in [0.25, 0.3) is 11.3 Å². The van der Waals surface area contributed by atoms with Gasteiger partial charge in [0.25, 0.3) is 5.69 Å². The molecule has 0 spiro atoms. The largest absolute Gasteiger partial charge is 0.301 e. The fourth-order valence-corrected chi connectivity index (χ4v) is 4.06. The van der Waals surface area contributed by atoms with Gasteiger partial charge in [-0.05, 0) is 11.1 Å². The SMILES string of the molecule is O=C(CNC(c1ccccc1)c1ccccc1)Nc1nc(-c2cccc([N+](=O)[O-])c2)cs1. The second-order valence-electron chi connectivity index (χ2n) is 7.03. The summed E-state index contributed by atoms with van der Waals surface area (Å²) in [5.74, 6) is -0.221. The first-order chi connectivity index (χ1) is 15.6. The number of rotatable bonds is 8. The standard InChI is InChI=1S/C24H20N4O3S/c29-22(15-25-23(17-8-3-1-4-9-17)18-10-5-2-6-11-18)27-24-26-21(16-32-24)19-12-7-13-20(14-19)28(30)31/h1-14,16,23,25H,15H2,(H,26,27,29). The lowest BCUT2D eigenvalue weighted by Crippen LogP contribution is -2.31. The summed E-state index contributed by atoms with van der Waals surface area (Å²) in [6, 6.07) is 26.0. The summed E-state index contributed by atoms with van der Waals surface area (Å²) in [5, 5.41) is 19.3. The Kier molecular flexibility index (Phi) is 6.64. The maximum Gasteiger partial charge on any atom is 0.270 e. The molecular weight excluding hydrogens is 424 g/mol. The van der Waals surface area contributed by atoms with E-state index in [0.29, 0.717) is 16.4 Å². The van der Waals surface area contributed by atoms with Gasteiger partial charge in [-0.15, -0.1) is 11.3 Å². The van der Waals surface area contributed by atoms with Gasteiger partial charge in [0, 0.05) is 23.1 Å². The fraction of sp³-hybridized carbons (Fsp3) is 0.0833. The zero-order valence-electron chi connectivity index (χ0n) is 17.0. The molecule has 0 atom stereocenters. The number of benzene rings is 3. The average Bonchev–Trinajstić information content (AvgIpc) is 3.29. The van der Waals surface area contributed by atoms with E-state index in [0.717, 1.165) is 11.1 Å². The zero-order valence-corrected chi connectivity index (χ0v) is 17.8. The Balaban J connectivity index is 1.42. The molecule has 0 unspecified atom stereocenters. The summed E-state index contributed by atoms with van der Waals surface area (Å²) in [4.78, 5) is 27.5. The third kappa shape index (κ3) is 5.23. The number of hydrogen-bond acceptors (Lipinski definition) is 6. The number of hydrogen-bond donors (Lipinski definition) is 2. The number of nitro benzene ring substituents is 1. The highest BCUT2D eigenvalue weighted by atomic mass is 32.1. The van der Waals surface area contributed by atoms with Gasteiger partial charge in [0.2, 0.25) is 5.91 Å². The third-order valence-electron chi connectivity index (χ3n) is 4.84. The van der Waals surface area contributed by atoms with Gasteiger partial charge in [0.1, 0.15) is 0 Å². The molecule has 4 aromatic rings. The molecule has 0 saturated heterocycles. The van der Waals surface area contributed by atoms with Gasteiger partial charge in [0.05, 0.1) is 23.2 Å². The number of anilines is 1. The Morgan fingerprint density at radius 3 is 2.25 bits per heavy atom. The van der Waals surface area contributed by atoms with Crippen LogP contribution in [-0.4, -0.2) is 22.4 Å². The Morgan fingerprint density at radius 2 is 1.62 bits per heavy atom. The van der Waals surface area contributed by atoms with Crippen molar-refractivity contribution in [1.82, 2.24) is 10.3 Å². The number of nitrogens with zero attached hydrogens (tertiary/aromatic N) is 2. The van der Waals surface area contributed by atoms with Crippen LogP contribution in [0.1, 0.15) is 17.2 Å². The smallest absolute Gasteiger partial charge is 0.270 e. The van der Waals surface area contributed by atoms with Crippen LogP contribution in [-0.2, 0) is 4.79 Å². The summed E-state index contributed by atoms with van der Waals surface area (Å²) in [5.41, 5.74) is 3.33. The molecule has 8 heteroatoms. The predicted octanol–water partition coefficient (Wildman–Crippen LogP) is 5.04. The molecule has 0 aliphatic heterocycles. The fourth-order valence-electron chi connectivity index (χ4n) is 3.32. The molecule has 0 fully saturated rings. The van der Waals surface area contributed by atoms with Gasteiger partial charge < -0.3 is 5.32 Å². The summed E-state index contributed by atoms with van der Waals surface area (Å²) >= 11 is 1.27. The van der Waals surface area contributed by atoms with Crippen molar-refractivity contribution in [3.05, 3.63) is 112 Å². The van der Waals surface area contributed by atoms with Crippen LogP contribution in [0.5, 0.6) is 0 Å². The lowest BCUT2D eigenvalue weighted by molar-refractivity contribution is -0.384. The molecule has 1 amide bonds. The van der Waals surface area contributed by atoms with Crippen LogP contribution in [0.3, 0.4) is 0 Å². The van der Waals surface area contributed by atoms with Crippen molar-refractivity contribution >= 4 is 28.1 Å². The summed E-state index contributed by atoms with van der Waals surface area (Å²) in [7, 11) is 0. The second-order valence-corrected chi connectivity index (χ2v) is 7.89. The van der Waals surface area contributed by atoms with E-state index in [1.165, 1.54) is 23.5 Å². The van der Waals surface area contributed by atoms with E-state index in [4.69, 9.17) is 0 Å². The van der Waals surface area contributed by atoms with Gasteiger partial charge in [-0.2, -0.15) is 0 Å². The Bertz CT molecular complexity index is 1170. The van der Waals surface area contributed by atoms with E-state index in [-0.39, 0.29) is 24.2 Å². The molecule has 3 aromatic carbocycles. The van der Waals surface area contributed by atoms with Crippen LogP contribution in [0, 0.1) is 10.1 Å². The predicted molar refractivity (Wildman–Crippen MR) is 126 cm³/mol. The molecule has 1 aromatic heterocycles. The van der Waals surface area contributed by atoms with Gasteiger partial charge in [-0.3, -0.25) is 20.2 Å². The first-order valence-corrected chi connectivity index (χ1v) is 10.8. The molecule has 2 N–H and O–H groups in total. The number of carbonyl (C=O) groups is 1. The van der Waals surface area contributed by atoms with Crippen molar-refractivity contribution in [1.29, 1.82) is 0 Å². The molecule has 0 aliphatic rings. The molecular formula is C24H20N4O3S. The van der Waals surface area contributed by atoms with Gasteiger partial charge in [-0.25, -0.2) is 4.98 Å². The van der Waals surface area contributed by atoms with E-state index >= 15 is 0 Å². The summed E-state index contributed by atoms with van der Waals surface area (Å²) < 4.78 is 0.